The monoisotopic (exact) mass is 600 g/mol. The third-order valence-electron chi connectivity index (χ3n) is 3.00. The smallest absolute Gasteiger partial charge is 0.793 e. The fraction of sp³-hybridized carbons (Fsp3) is 0.571. The van der Waals surface area contributed by atoms with Gasteiger partial charge in [0.2, 0.25) is 0 Å². The molecule has 2 aromatic carbocycles. The Hall–Kier alpha value is 0.279. The minimum atomic E-state index is 0. The quantitative estimate of drug-likeness (QED) is 0.240. The van der Waals surface area contributed by atoms with Gasteiger partial charge < -0.3 is 59.5 Å². The summed E-state index contributed by atoms with van der Waals surface area (Å²) < 4.78 is 1.98. The number of hydrogen-bond acceptors (Lipinski definition) is 4. The molecule has 0 aromatic heterocycles. The summed E-state index contributed by atoms with van der Waals surface area (Å²) >= 11 is 17.6. The Bertz CT molecular complexity index is 542. The van der Waals surface area contributed by atoms with Crippen LogP contribution in [0.2, 0.25) is 0 Å². The van der Waals surface area contributed by atoms with Crippen molar-refractivity contribution in [2.24, 2.45) is 0 Å². The first-order chi connectivity index (χ1) is 15.8. The van der Waals surface area contributed by atoms with E-state index < -0.39 is 0 Å². The van der Waals surface area contributed by atoms with Crippen LogP contribution in [-0.2, 0) is 80.7 Å². The first kappa shape index (κ1) is 45.2. The van der Waals surface area contributed by atoms with E-state index in [2.05, 4.69) is 153 Å². The summed E-state index contributed by atoms with van der Waals surface area (Å²) in [5, 5.41) is 0. The van der Waals surface area contributed by atoms with Crippen molar-refractivity contribution in [3.63, 3.8) is 0 Å². The molecule has 0 aliphatic rings. The van der Waals surface area contributed by atoms with Crippen molar-refractivity contribution in [3.8, 4) is 0 Å². The van der Waals surface area contributed by atoms with Crippen LogP contribution in [-0.4, -0.2) is 74.3 Å². The van der Waals surface area contributed by atoms with Crippen LogP contribution in [0, 0.1) is 0 Å². The van der Waals surface area contributed by atoms with E-state index in [0.29, 0.717) is 0 Å². The van der Waals surface area contributed by atoms with Crippen molar-refractivity contribution < 1.29 is 26.0 Å². The van der Waals surface area contributed by atoms with E-state index in [9.17, 15) is 0 Å². The molecule has 0 saturated carbocycles. The van der Waals surface area contributed by atoms with E-state index in [-0.39, 0.29) is 17.1 Å². The Labute approximate surface area is 253 Å². The minimum absolute atomic E-state index is 0. The van der Waals surface area contributed by atoms with Gasteiger partial charge in [0, 0.05) is 11.1 Å². The maximum Gasteiger partial charge on any atom is 2.00 e. The summed E-state index contributed by atoms with van der Waals surface area (Å²) in [5.74, 6) is 3.33. The number of quaternary nitrogens is 2. The topological polar surface area (TPSA) is 0 Å². The summed E-state index contributed by atoms with van der Waals surface area (Å²) in [6.07, 6.45) is 0. The number of benzene rings is 2. The van der Waals surface area contributed by atoms with Crippen LogP contribution in [0.1, 0.15) is 38.8 Å². The minimum Gasteiger partial charge on any atom is -0.793 e. The molecule has 0 radical (unpaired) electrons. The Morgan fingerprint density at radius 2 is 0.629 bits per heavy atom. The van der Waals surface area contributed by atoms with E-state index in [0.717, 1.165) is 45.1 Å². The number of rotatable bonds is 4. The van der Waals surface area contributed by atoms with Crippen LogP contribution < -0.4 is 0 Å². The second kappa shape index (κ2) is 32.3. The molecule has 0 N–H and O–H groups in total. The van der Waals surface area contributed by atoms with Crippen molar-refractivity contribution in [1.82, 2.24) is 0 Å². The first-order valence-electron chi connectivity index (χ1n) is 11.8. The van der Waals surface area contributed by atoms with Gasteiger partial charge in [-0.25, -0.2) is 0 Å². The largest absolute Gasteiger partial charge is 2.00 e. The average Bonchev–Trinajstić information content (AvgIpc) is 2.70. The average molecular weight is 601 g/mol. The molecule has 2 aromatic rings. The molecule has 206 valence electrons. The van der Waals surface area contributed by atoms with E-state index in [1.165, 1.54) is 11.1 Å². The van der Waals surface area contributed by atoms with Crippen molar-refractivity contribution >= 4 is 50.5 Å². The van der Waals surface area contributed by atoms with Crippen molar-refractivity contribution in [3.05, 3.63) is 71.8 Å². The van der Waals surface area contributed by atoms with Gasteiger partial charge in [-0.2, -0.15) is 23.0 Å². The van der Waals surface area contributed by atoms with Gasteiger partial charge in [0.05, 0.1) is 42.3 Å². The molecule has 35 heavy (non-hydrogen) atoms. The predicted octanol–water partition coefficient (Wildman–Crippen LogP) is 6.00. The third-order valence-corrected chi connectivity index (χ3v) is 3.00. The van der Waals surface area contributed by atoms with Gasteiger partial charge in [0.15, 0.2) is 0 Å². The molecule has 0 atom stereocenters. The predicted molar refractivity (Wildman–Crippen MR) is 168 cm³/mol. The molecular weight excluding hydrogens is 548 g/mol. The Balaban J connectivity index is -0.000000117. The van der Waals surface area contributed by atoms with Crippen molar-refractivity contribution in [2.75, 3.05) is 65.3 Å². The normalized spacial score (nSPS) is 9.31. The molecular formula is C28H52FeN2S4. The number of hydrogen-bond donors (Lipinski definition) is 0. The maximum absolute atomic E-state index is 4.39. The summed E-state index contributed by atoms with van der Waals surface area (Å²) in [6, 6.07) is 21.1. The molecule has 2 nitrogen and oxygen atoms in total. The standard InChI is InChI=1S/2C10H16N.4C2H6S.Fe/c2*1-11(2,3)9-10-7-5-4-6-8-10;4*1-2-3;/h2*4-8H,9H2,1-3H3;4*3H,2H2,1H3;/q2*+1;;;;;+2/p-4. The summed E-state index contributed by atoms with van der Waals surface area (Å²) in [7, 11) is 13.2. The fourth-order valence-electron chi connectivity index (χ4n) is 2.26. The van der Waals surface area contributed by atoms with E-state index >= 15 is 0 Å². The fourth-order valence-corrected chi connectivity index (χ4v) is 2.26. The van der Waals surface area contributed by atoms with Crippen LogP contribution in [0.5, 0.6) is 0 Å². The van der Waals surface area contributed by atoms with Crippen LogP contribution in [0.15, 0.2) is 60.7 Å². The zero-order valence-corrected chi connectivity index (χ0v) is 28.3. The van der Waals surface area contributed by atoms with Gasteiger partial charge in [-0.15, -0.1) is 0 Å². The van der Waals surface area contributed by atoms with Gasteiger partial charge in [-0.05, 0) is 0 Å². The number of nitrogens with zero attached hydrogens (tertiary/aromatic N) is 2. The summed E-state index contributed by atoms with van der Waals surface area (Å²) in [5.41, 5.74) is 2.81. The molecule has 0 bridgehead atoms. The second-order valence-electron chi connectivity index (χ2n) is 9.02. The SMILES string of the molecule is CC[S-].CC[S-].CC[S-].CC[S-].C[N+](C)(C)Cc1ccccc1.C[N+](C)(C)Cc1ccccc1.[Fe+2]. The van der Waals surface area contributed by atoms with E-state index in [1.807, 2.05) is 27.7 Å². The molecule has 0 fully saturated rings. The Kier molecular flexibility index (Phi) is 41.7. The molecule has 0 amide bonds. The summed E-state index contributed by atoms with van der Waals surface area (Å²) in [4.78, 5) is 0. The Morgan fingerprint density at radius 1 is 0.457 bits per heavy atom. The van der Waals surface area contributed by atoms with Crippen LogP contribution >= 0.6 is 0 Å². The molecule has 2 rings (SSSR count). The molecule has 0 unspecified atom stereocenters. The summed E-state index contributed by atoms with van der Waals surface area (Å²) in [6.45, 7) is 9.96. The zero-order chi connectivity index (χ0) is 27.5. The van der Waals surface area contributed by atoms with Crippen LogP contribution in [0.25, 0.3) is 0 Å². The van der Waals surface area contributed by atoms with E-state index in [1.54, 1.807) is 0 Å². The molecule has 0 spiro atoms. The van der Waals surface area contributed by atoms with Gasteiger partial charge in [0.1, 0.15) is 13.1 Å². The molecule has 0 aliphatic heterocycles. The van der Waals surface area contributed by atoms with Gasteiger partial charge >= 0.3 is 17.1 Å². The molecule has 0 heterocycles. The zero-order valence-electron chi connectivity index (χ0n) is 23.9. The van der Waals surface area contributed by atoms with Crippen LogP contribution in [0.4, 0.5) is 0 Å². The van der Waals surface area contributed by atoms with Gasteiger partial charge in [0.25, 0.3) is 0 Å². The third kappa shape index (κ3) is 51.7. The van der Waals surface area contributed by atoms with Gasteiger partial charge in [-0.1, -0.05) is 88.4 Å². The molecule has 0 aliphatic carbocycles. The Morgan fingerprint density at radius 3 is 0.771 bits per heavy atom. The van der Waals surface area contributed by atoms with E-state index in [4.69, 9.17) is 0 Å². The van der Waals surface area contributed by atoms with Crippen LogP contribution in [0.3, 0.4) is 0 Å². The van der Waals surface area contributed by atoms with Gasteiger partial charge in [-0.3, -0.25) is 0 Å². The molecule has 0 saturated heterocycles. The second-order valence-corrected chi connectivity index (χ2v) is 11.3. The van der Waals surface area contributed by atoms with Crippen molar-refractivity contribution in [1.29, 1.82) is 0 Å². The molecule has 7 heteroatoms. The first-order valence-corrected chi connectivity index (χ1v) is 14.1. The van der Waals surface area contributed by atoms with Crippen molar-refractivity contribution in [2.45, 2.75) is 40.8 Å². The maximum atomic E-state index is 4.39.